The Morgan fingerprint density at radius 1 is 1.50 bits per heavy atom. The van der Waals surface area contributed by atoms with Gasteiger partial charge >= 0.3 is 0 Å². The van der Waals surface area contributed by atoms with Gasteiger partial charge in [-0.15, -0.1) is 0 Å². The van der Waals surface area contributed by atoms with Gasteiger partial charge in [0, 0.05) is 25.9 Å². The first-order valence-corrected chi connectivity index (χ1v) is 4.90. The van der Waals surface area contributed by atoms with E-state index in [2.05, 4.69) is 16.9 Å². The molecule has 4 nitrogen and oxygen atoms in total. The molecule has 0 fully saturated rings. The van der Waals surface area contributed by atoms with Crippen molar-refractivity contribution in [3.8, 4) is 0 Å². The molecule has 78 valence electrons. The smallest absolute Gasteiger partial charge is 0.255 e. The molecule has 0 unspecified atom stereocenters. The Balaban J connectivity index is 2.85. The Bertz CT molecular complexity index is 343. The number of hydrogen-bond acceptors (Lipinski definition) is 3. The predicted molar refractivity (Wildman–Crippen MR) is 57.8 cm³/mol. The lowest BCUT2D eigenvalue weighted by Gasteiger charge is -2.10. The zero-order valence-corrected chi connectivity index (χ0v) is 9.00. The average Bonchev–Trinajstić information content (AvgIpc) is 2.15. The largest absolute Gasteiger partial charge is 0.348 e. The van der Waals surface area contributed by atoms with Crippen molar-refractivity contribution in [1.29, 1.82) is 0 Å². The molecule has 0 atom stereocenters. The van der Waals surface area contributed by atoms with Gasteiger partial charge in [0.2, 0.25) is 5.95 Å². The third-order valence-electron chi connectivity index (χ3n) is 2.08. The van der Waals surface area contributed by atoms with Crippen LogP contribution in [-0.4, -0.2) is 24.1 Å². The average molecular weight is 195 g/mol. The SMILES string of the molecule is CCCCc1cnc(N(C)C)[nH]c1=O. The molecule has 1 rings (SSSR count). The number of nitrogens with zero attached hydrogens (tertiary/aromatic N) is 2. The first-order chi connectivity index (χ1) is 6.65. The summed E-state index contributed by atoms with van der Waals surface area (Å²) >= 11 is 0. The van der Waals surface area contributed by atoms with Crippen LogP contribution in [0.25, 0.3) is 0 Å². The Morgan fingerprint density at radius 2 is 2.21 bits per heavy atom. The molecule has 1 heterocycles. The van der Waals surface area contributed by atoms with Crippen molar-refractivity contribution in [3.05, 3.63) is 22.1 Å². The van der Waals surface area contributed by atoms with Crippen LogP contribution in [0.1, 0.15) is 25.3 Å². The number of aryl methyl sites for hydroxylation is 1. The first kappa shape index (κ1) is 10.8. The molecule has 0 aliphatic heterocycles. The van der Waals surface area contributed by atoms with Gasteiger partial charge in [0.25, 0.3) is 5.56 Å². The van der Waals surface area contributed by atoms with Crippen molar-refractivity contribution in [3.63, 3.8) is 0 Å². The third kappa shape index (κ3) is 2.58. The number of rotatable bonds is 4. The maximum absolute atomic E-state index is 11.5. The Kier molecular flexibility index (Phi) is 3.68. The Hall–Kier alpha value is -1.32. The molecule has 0 aliphatic rings. The fourth-order valence-corrected chi connectivity index (χ4v) is 1.18. The molecule has 4 heteroatoms. The molecule has 0 saturated heterocycles. The van der Waals surface area contributed by atoms with Gasteiger partial charge in [0.05, 0.1) is 0 Å². The van der Waals surface area contributed by atoms with Crippen molar-refractivity contribution in [2.24, 2.45) is 0 Å². The highest BCUT2D eigenvalue weighted by molar-refractivity contribution is 5.26. The second-order valence-electron chi connectivity index (χ2n) is 3.56. The lowest BCUT2D eigenvalue weighted by Crippen LogP contribution is -2.20. The van der Waals surface area contributed by atoms with Crippen molar-refractivity contribution >= 4 is 5.95 Å². The highest BCUT2D eigenvalue weighted by Crippen LogP contribution is 2.01. The number of unbranched alkanes of at least 4 members (excludes halogenated alkanes) is 1. The molecular formula is C10H17N3O. The van der Waals surface area contributed by atoms with E-state index in [4.69, 9.17) is 0 Å². The predicted octanol–water partition coefficient (Wildman–Crippen LogP) is 1.18. The lowest BCUT2D eigenvalue weighted by atomic mass is 10.1. The van der Waals surface area contributed by atoms with Crippen molar-refractivity contribution < 1.29 is 0 Å². The van der Waals surface area contributed by atoms with Gasteiger partial charge in [-0.1, -0.05) is 13.3 Å². The highest BCUT2D eigenvalue weighted by Gasteiger charge is 2.02. The number of aromatic amines is 1. The summed E-state index contributed by atoms with van der Waals surface area (Å²) in [5, 5.41) is 0. The molecule has 14 heavy (non-hydrogen) atoms. The van der Waals surface area contributed by atoms with E-state index in [0.717, 1.165) is 24.8 Å². The summed E-state index contributed by atoms with van der Waals surface area (Å²) in [5.41, 5.74) is 0.759. The van der Waals surface area contributed by atoms with Crippen LogP contribution in [0.2, 0.25) is 0 Å². The first-order valence-electron chi connectivity index (χ1n) is 4.90. The summed E-state index contributed by atoms with van der Waals surface area (Å²) in [6, 6.07) is 0. The number of hydrogen-bond donors (Lipinski definition) is 1. The van der Waals surface area contributed by atoms with Gasteiger partial charge < -0.3 is 4.90 Å². The second-order valence-corrected chi connectivity index (χ2v) is 3.56. The molecule has 0 amide bonds. The van der Waals surface area contributed by atoms with E-state index in [1.54, 1.807) is 11.1 Å². The number of nitrogens with one attached hydrogen (secondary N) is 1. The normalized spacial score (nSPS) is 10.2. The number of aromatic nitrogens is 2. The van der Waals surface area contributed by atoms with E-state index in [1.807, 2.05) is 14.1 Å². The van der Waals surface area contributed by atoms with Crippen molar-refractivity contribution in [2.75, 3.05) is 19.0 Å². The topological polar surface area (TPSA) is 49.0 Å². The zero-order chi connectivity index (χ0) is 10.6. The van der Waals surface area contributed by atoms with E-state index in [-0.39, 0.29) is 5.56 Å². The zero-order valence-electron chi connectivity index (χ0n) is 9.00. The molecule has 0 bridgehead atoms. The fourth-order valence-electron chi connectivity index (χ4n) is 1.18. The van der Waals surface area contributed by atoms with Crippen molar-refractivity contribution in [1.82, 2.24) is 9.97 Å². The summed E-state index contributed by atoms with van der Waals surface area (Å²) in [5.74, 6) is 0.607. The Labute approximate surface area is 84.0 Å². The molecule has 1 aromatic heterocycles. The standard InChI is InChI=1S/C10H17N3O/c1-4-5-6-8-7-11-10(13(2)3)12-9(8)14/h7H,4-6H2,1-3H3,(H,11,12,14). The summed E-state index contributed by atoms with van der Waals surface area (Å²) in [7, 11) is 3.70. The minimum absolute atomic E-state index is 0.0165. The van der Waals surface area contributed by atoms with E-state index >= 15 is 0 Å². The van der Waals surface area contributed by atoms with Crippen LogP contribution < -0.4 is 10.5 Å². The highest BCUT2D eigenvalue weighted by atomic mass is 16.1. The molecule has 0 saturated carbocycles. The second kappa shape index (κ2) is 4.79. The number of H-pyrrole nitrogens is 1. The van der Waals surface area contributed by atoms with Gasteiger partial charge in [-0.3, -0.25) is 9.78 Å². The van der Waals surface area contributed by atoms with Crippen LogP contribution in [0.4, 0.5) is 5.95 Å². The maximum atomic E-state index is 11.5. The van der Waals surface area contributed by atoms with E-state index in [0.29, 0.717) is 5.95 Å². The third-order valence-corrected chi connectivity index (χ3v) is 2.08. The summed E-state index contributed by atoms with van der Waals surface area (Å²) in [6.45, 7) is 2.11. The van der Waals surface area contributed by atoms with Gasteiger partial charge in [0.15, 0.2) is 0 Å². The van der Waals surface area contributed by atoms with Gasteiger partial charge in [-0.25, -0.2) is 4.98 Å². The molecule has 0 aromatic carbocycles. The van der Waals surface area contributed by atoms with E-state index in [1.165, 1.54) is 0 Å². The summed E-state index contributed by atoms with van der Waals surface area (Å²) in [4.78, 5) is 20.2. The fraction of sp³-hybridized carbons (Fsp3) is 0.600. The van der Waals surface area contributed by atoms with Gasteiger partial charge in [-0.2, -0.15) is 0 Å². The van der Waals surface area contributed by atoms with Crippen LogP contribution >= 0.6 is 0 Å². The molecular weight excluding hydrogens is 178 g/mol. The minimum atomic E-state index is -0.0165. The monoisotopic (exact) mass is 195 g/mol. The van der Waals surface area contributed by atoms with Crippen LogP contribution in [-0.2, 0) is 6.42 Å². The Morgan fingerprint density at radius 3 is 2.71 bits per heavy atom. The van der Waals surface area contributed by atoms with Crippen LogP contribution in [0.3, 0.4) is 0 Å². The molecule has 1 aromatic rings. The number of anilines is 1. The van der Waals surface area contributed by atoms with E-state index in [9.17, 15) is 4.79 Å². The molecule has 0 radical (unpaired) electrons. The van der Waals surface area contributed by atoms with Crippen LogP contribution in [0.15, 0.2) is 11.0 Å². The quantitative estimate of drug-likeness (QED) is 0.784. The molecule has 0 spiro atoms. The summed E-state index contributed by atoms with van der Waals surface area (Å²) < 4.78 is 0. The maximum Gasteiger partial charge on any atom is 0.255 e. The molecule has 1 N–H and O–H groups in total. The van der Waals surface area contributed by atoms with Crippen molar-refractivity contribution in [2.45, 2.75) is 26.2 Å². The summed E-state index contributed by atoms with van der Waals surface area (Å²) in [6.07, 6.45) is 4.61. The van der Waals surface area contributed by atoms with Gasteiger partial charge in [0.1, 0.15) is 0 Å². The lowest BCUT2D eigenvalue weighted by molar-refractivity contribution is 0.779. The van der Waals surface area contributed by atoms with Crippen LogP contribution in [0, 0.1) is 0 Å². The minimum Gasteiger partial charge on any atom is -0.348 e. The molecule has 0 aliphatic carbocycles. The van der Waals surface area contributed by atoms with Gasteiger partial charge in [-0.05, 0) is 12.8 Å². The van der Waals surface area contributed by atoms with E-state index < -0.39 is 0 Å². The van der Waals surface area contributed by atoms with Crippen LogP contribution in [0.5, 0.6) is 0 Å².